The zero-order chi connectivity index (χ0) is 23.3. The molecule has 1 N–H and O–H groups in total. The van der Waals surface area contributed by atoms with Crippen LogP contribution in [0.4, 0.5) is 5.69 Å². The summed E-state index contributed by atoms with van der Waals surface area (Å²) in [6, 6.07) is 18.0. The van der Waals surface area contributed by atoms with Crippen LogP contribution in [0.1, 0.15) is 22.3 Å². The molecule has 0 saturated heterocycles. The number of benzene rings is 3. The van der Waals surface area contributed by atoms with Gasteiger partial charge in [-0.2, -0.15) is 5.26 Å². The molecule has 3 rings (SSSR count). The van der Waals surface area contributed by atoms with Gasteiger partial charge in [-0.15, -0.1) is 0 Å². The maximum atomic E-state index is 12.7. The minimum absolute atomic E-state index is 0.0821. The van der Waals surface area contributed by atoms with E-state index < -0.39 is 5.91 Å². The fourth-order valence-electron chi connectivity index (χ4n) is 3.15. The minimum Gasteiger partial charge on any atom is -0.496 e. The minimum atomic E-state index is -0.548. The summed E-state index contributed by atoms with van der Waals surface area (Å²) in [4.78, 5) is 12.7. The van der Waals surface area contributed by atoms with Gasteiger partial charge in [0.2, 0.25) is 0 Å². The highest BCUT2D eigenvalue weighted by Gasteiger charge is 2.15. The Balaban J connectivity index is 1.91. The van der Waals surface area contributed by atoms with Crippen LogP contribution in [0.5, 0.6) is 5.75 Å². The van der Waals surface area contributed by atoms with E-state index in [4.69, 9.17) is 39.5 Å². The number of halogens is 3. The molecule has 0 aliphatic rings. The number of nitrogens with one attached hydrogen (secondary N) is 1. The van der Waals surface area contributed by atoms with Crippen molar-refractivity contribution in [1.29, 1.82) is 5.26 Å². The fourth-order valence-corrected chi connectivity index (χ4v) is 3.81. The van der Waals surface area contributed by atoms with Gasteiger partial charge >= 0.3 is 0 Å². The average molecular weight is 486 g/mol. The van der Waals surface area contributed by atoms with Crippen LogP contribution in [0.2, 0.25) is 15.1 Å². The SMILES string of the molecule is COc1cc(/C=C(\C#N)C(=O)Nc2cccc(Cl)c2C)cc(Cl)c1Cc1ccccc1Cl. The lowest BCUT2D eigenvalue weighted by molar-refractivity contribution is -0.112. The highest BCUT2D eigenvalue weighted by Crippen LogP contribution is 2.33. The Morgan fingerprint density at radius 1 is 1.06 bits per heavy atom. The van der Waals surface area contributed by atoms with E-state index in [2.05, 4.69) is 5.32 Å². The Bertz CT molecular complexity index is 1250. The maximum Gasteiger partial charge on any atom is 0.266 e. The first kappa shape index (κ1) is 23.7. The van der Waals surface area contributed by atoms with Gasteiger partial charge in [0.05, 0.1) is 7.11 Å². The van der Waals surface area contributed by atoms with Crippen molar-refractivity contribution in [3.8, 4) is 11.8 Å². The fraction of sp³-hybridized carbons (Fsp3) is 0.120. The van der Waals surface area contributed by atoms with Crippen LogP contribution >= 0.6 is 34.8 Å². The first-order chi connectivity index (χ1) is 15.3. The van der Waals surface area contributed by atoms with Crippen molar-refractivity contribution in [3.05, 3.63) is 97.5 Å². The van der Waals surface area contributed by atoms with Gasteiger partial charge in [-0.25, -0.2) is 0 Å². The number of ether oxygens (including phenoxy) is 1. The van der Waals surface area contributed by atoms with E-state index in [0.29, 0.717) is 44.1 Å². The molecule has 0 aliphatic carbocycles. The van der Waals surface area contributed by atoms with Gasteiger partial charge in [-0.3, -0.25) is 4.79 Å². The summed E-state index contributed by atoms with van der Waals surface area (Å²) in [5, 5.41) is 13.9. The second kappa shape index (κ2) is 10.6. The number of anilines is 1. The Morgan fingerprint density at radius 2 is 1.78 bits per heavy atom. The molecule has 7 heteroatoms. The lowest BCUT2D eigenvalue weighted by Gasteiger charge is -2.13. The average Bonchev–Trinajstić information content (AvgIpc) is 2.77. The second-order valence-corrected chi connectivity index (χ2v) is 8.21. The molecule has 0 aromatic heterocycles. The molecule has 0 unspecified atom stereocenters. The zero-order valence-corrected chi connectivity index (χ0v) is 19.6. The van der Waals surface area contributed by atoms with E-state index in [1.54, 1.807) is 37.3 Å². The molecule has 4 nitrogen and oxygen atoms in total. The molecule has 0 aliphatic heterocycles. The number of amides is 1. The smallest absolute Gasteiger partial charge is 0.266 e. The Labute approximate surface area is 202 Å². The summed E-state index contributed by atoms with van der Waals surface area (Å²) in [7, 11) is 1.54. The van der Waals surface area contributed by atoms with Crippen molar-refractivity contribution >= 4 is 52.5 Å². The van der Waals surface area contributed by atoms with Crippen molar-refractivity contribution in [1.82, 2.24) is 0 Å². The summed E-state index contributed by atoms with van der Waals surface area (Å²) in [6.07, 6.45) is 1.94. The van der Waals surface area contributed by atoms with Gasteiger partial charge < -0.3 is 10.1 Å². The number of carbonyl (C=O) groups is 1. The Hall–Kier alpha value is -2.97. The summed E-state index contributed by atoms with van der Waals surface area (Å²) < 4.78 is 5.52. The highest BCUT2D eigenvalue weighted by atomic mass is 35.5. The van der Waals surface area contributed by atoms with Crippen LogP contribution in [0.25, 0.3) is 6.08 Å². The lowest BCUT2D eigenvalue weighted by Crippen LogP contribution is -2.14. The zero-order valence-electron chi connectivity index (χ0n) is 17.4. The number of nitrogens with zero attached hydrogens (tertiary/aromatic N) is 1. The third-order valence-electron chi connectivity index (χ3n) is 4.91. The van der Waals surface area contributed by atoms with Crippen molar-refractivity contribution in [2.24, 2.45) is 0 Å². The normalized spacial score (nSPS) is 11.1. The first-order valence-electron chi connectivity index (χ1n) is 9.62. The van der Waals surface area contributed by atoms with Gasteiger partial charge in [0, 0.05) is 32.7 Å². The standard InChI is InChI=1S/C25H19Cl3N2O2/c1-15-20(26)8-5-9-23(15)30-25(31)18(14-29)10-16-11-22(28)19(24(12-16)32-2)13-17-6-3-4-7-21(17)27/h3-12H,13H2,1-2H3,(H,30,31)/b18-10+. The molecule has 162 valence electrons. The molecule has 3 aromatic carbocycles. The van der Waals surface area contributed by atoms with E-state index in [1.807, 2.05) is 30.3 Å². The summed E-state index contributed by atoms with van der Waals surface area (Å²) in [5.74, 6) is -0.0137. The van der Waals surface area contributed by atoms with Gasteiger partial charge in [-0.05, 0) is 60.0 Å². The molecule has 0 heterocycles. The first-order valence-corrected chi connectivity index (χ1v) is 10.8. The van der Waals surface area contributed by atoms with Crippen molar-refractivity contribution in [3.63, 3.8) is 0 Å². The summed E-state index contributed by atoms with van der Waals surface area (Å²) in [5.41, 5.74) is 3.40. The quantitative estimate of drug-likeness (QED) is 0.299. The Morgan fingerprint density at radius 3 is 2.47 bits per heavy atom. The van der Waals surface area contributed by atoms with Crippen molar-refractivity contribution in [2.75, 3.05) is 12.4 Å². The van der Waals surface area contributed by atoms with Gasteiger partial charge in [0.15, 0.2) is 0 Å². The molecule has 0 bridgehead atoms. The van der Waals surface area contributed by atoms with E-state index >= 15 is 0 Å². The third kappa shape index (κ3) is 5.44. The largest absolute Gasteiger partial charge is 0.496 e. The third-order valence-corrected chi connectivity index (χ3v) is 6.03. The molecule has 0 saturated carbocycles. The van der Waals surface area contributed by atoms with Crippen molar-refractivity contribution < 1.29 is 9.53 Å². The number of methoxy groups -OCH3 is 1. The lowest BCUT2D eigenvalue weighted by atomic mass is 10.0. The molecule has 0 atom stereocenters. The summed E-state index contributed by atoms with van der Waals surface area (Å²) in [6.45, 7) is 1.79. The van der Waals surface area contributed by atoms with E-state index in [-0.39, 0.29) is 5.57 Å². The van der Waals surface area contributed by atoms with Gasteiger partial charge in [-0.1, -0.05) is 59.1 Å². The maximum absolute atomic E-state index is 12.7. The Kier molecular flexibility index (Phi) is 7.82. The number of nitriles is 1. The topological polar surface area (TPSA) is 62.1 Å². The molecular weight excluding hydrogens is 467 g/mol. The summed E-state index contributed by atoms with van der Waals surface area (Å²) >= 11 is 18.9. The van der Waals surface area contributed by atoms with Crippen molar-refractivity contribution in [2.45, 2.75) is 13.3 Å². The number of carbonyl (C=O) groups excluding carboxylic acids is 1. The molecule has 3 aromatic rings. The van der Waals surface area contributed by atoms with E-state index in [0.717, 1.165) is 11.1 Å². The molecule has 0 radical (unpaired) electrons. The molecule has 0 fully saturated rings. The molecule has 1 amide bonds. The number of hydrogen-bond acceptors (Lipinski definition) is 3. The van der Waals surface area contributed by atoms with Crippen LogP contribution in [0.15, 0.2) is 60.2 Å². The van der Waals surface area contributed by atoms with Crippen LogP contribution in [0.3, 0.4) is 0 Å². The molecule has 32 heavy (non-hydrogen) atoms. The van der Waals surface area contributed by atoms with Crippen LogP contribution in [0, 0.1) is 18.3 Å². The predicted octanol–water partition coefficient (Wildman–Crippen LogP) is 7.10. The predicted molar refractivity (Wildman–Crippen MR) is 131 cm³/mol. The second-order valence-electron chi connectivity index (χ2n) is 6.99. The number of hydrogen-bond donors (Lipinski definition) is 1. The highest BCUT2D eigenvalue weighted by molar-refractivity contribution is 6.32. The van der Waals surface area contributed by atoms with Gasteiger partial charge in [0.1, 0.15) is 17.4 Å². The molecular formula is C25H19Cl3N2O2. The molecule has 0 spiro atoms. The van der Waals surface area contributed by atoms with Crippen LogP contribution < -0.4 is 10.1 Å². The van der Waals surface area contributed by atoms with Crippen LogP contribution in [-0.2, 0) is 11.2 Å². The monoisotopic (exact) mass is 484 g/mol. The number of rotatable bonds is 6. The van der Waals surface area contributed by atoms with E-state index in [9.17, 15) is 10.1 Å². The van der Waals surface area contributed by atoms with Crippen LogP contribution in [-0.4, -0.2) is 13.0 Å². The van der Waals surface area contributed by atoms with Gasteiger partial charge in [0.25, 0.3) is 5.91 Å². The van der Waals surface area contributed by atoms with E-state index in [1.165, 1.54) is 13.2 Å².